The van der Waals surface area contributed by atoms with E-state index in [4.69, 9.17) is 11.6 Å². The van der Waals surface area contributed by atoms with E-state index in [9.17, 15) is 0 Å². The molecule has 0 saturated heterocycles. The molecule has 0 saturated carbocycles. The Morgan fingerprint density at radius 1 is 1.33 bits per heavy atom. The van der Waals surface area contributed by atoms with Gasteiger partial charge in [0.1, 0.15) is 0 Å². The van der Waals surface area contributed by atoms with Crippen molar-refractivity contribution in [2.75, 3.05) is 25.5 Å². The third-order valence-electron chi connectivity index (χ3n) is 1.30. The Kier molecular flexibility index (Phi) is 11.6. The first-order chi connectivity index (χ1) is 3.85. The van der Waals surface area contributed by atoms with Crippen molar-refractivity contribution in [3.8, 4) is 0 Å². The van der Waals surface area contributed by atoms with Crippen LogP contribution in [0.25, 0.3) is 0 Å². The fourth-order valence-electron chi connectivity index (χ4n) is 0.659. The average molecular weight is 172 g/mol. The highest BCUT2D eigenvalue weighted by molar-refractivity contribution is 6.18. The summed E-state index contributed by atoms with van der Waals surface area (Å²) in [5.74, 6) is 0.752. The van der Waals surface area contributed by atoms with Crippen LogP contribution < -0.4 is 12.4 Å². The normalized spacial score (nSPS) is 9.33. The van der Waals surface area contributed by atoms with E-state index in [1.54, 1.807) is 0 Å². The predicted octanol–water partition coefficient (Wildman–Crippen LogP) is -1.32. The molecule has 0 aromatic rings. The number of hydrogen-bond donors (Lipinski definition) is 0. The van der Waals surface area contributed by atoms with Gasteiger partial charge in [-0.2, -0.15) is 0 Å². The van der Waals surface area contributed by atoms with E-state index < -0.39 is 0 Å². The van der Waals surface area contributed by atoms with Gasteiger partial charge >= 0.3 is 1.43 Å². The highest BCUT2D eigenvalue weighted by Gasteiger charge is 1.93. The third kappa shape index (κ3) is 6.42. The van der Waals surface area contributed by atoms with Crippen LogP contribution in [0.2, 0.25) is 0 Å². The number of alkyl halides is 1. The minimum absolute atomic E-state index is 0. The fraction of sp³-hybridized carbons (Fsp3) is 1.00. The zero-order valence-corrected chi connectivity index (χ0v) is 7.54. The Morgan fingerprint density at radius 2 is 1.78 bits per heavy atom. The summed E-state index contributed by atoms with van der Waals surface area (Å²) in [4.78, 5) is 2.30. The third-order valence-corrected chi connectivity index (χ3v) is 1.46. The van der Waals surface area contributed by atoms with E-state index in [-0.39, 0.29) is 13.8 Å². The van der Waals surface area contributed by atoms with Crippen molar-refractivity contribution in [2.45, 2.75) is 13.8 Å². The van der Waals surface area contributed by atoms with Gasteiger partial charge in [0.15, 0.2) is 0 Å². The van der Waals surface area contributed by atoms with Gasteiger partial charge in [-0.15, -0.1) is 11.6 Å². The van der Waals surface area contributed by atoms with Crippen LogP contribution in [0.1, 0.15) is 15.3 Å². The molecule has 0 radical (unpaired) electrons. The van der Waals surface area contributed by atoms with E-state index in [2.05, 4.69) is 18.7 Å². The summed E-state index contributed by atoms with van der Waals surface area (Å²) in [6.45, 7) is 7.55. The maximum absolute atomic E-state index is 5.51. The first-order valence-electron chi connectivity index (χ1n) is 3.13. The number of halogens is 2. The molecule has 58 valence electrons. The molecule has 0 aromatic heterocycles. The molecule has 0 unspecified atom stereocenters. The van der Waals surface area contributed by atoms with Gasteiger partial charge in [0.2, 0.25) is 0 Å². The van der Waals surface area contributed by atoms with Crippen LogP contribution in [0.3, 0.4) is 0 Å². The average Bonchev–Trinajstić information content (AvgIpc) is 1.83. The quantitative estimate of drug-likeness (QED) is 0.475. The predicted molar refractivity (Wildman–Crippen MR) is 39.6 cm³/mol. The van der Waals surface area contributed by atoms with E-state index in [1.165, 1.54) is 0 Å². The lowest BCUT2D eigenvalue weighted by Crippen LogP contribution is -3.00. The van der Waals surface area contributed by atoms with Gasteiger partial charge in [0.25, 0.3) is 0 Å². The lowest BCUT2D eigenvalue weighted by atomic mass is 10.5. The van der Waals surface area contributed by atoms with E-state index in [0.29, 0.717) is 0 Å². The monoisotopic (exact) mass is 171 g/mol. The minimum Gasteiger partial charge on any atom is -1.00 e. The summed E-state index contributed by atoms with van der Waals surface area (Å²) < 4.78 is 0. The molecular formula is C6H15Cl2N. The molecule has 3 heteroatoms. The van der Waals surface area contributed by atoms with Crippen LogP contribution in [0.4, 0.5) is 0 Å². The molecule has 0 spiro atoms. The van der Waals surface area contributed by atoms with Gasteiger partial charge in [0, 0.05) is 12.4 Å². The molecule has 0 bridgehead atoms. The molecule has 0 fully saturated rings. The molecule has 0 N–H and O–H groups in total. The maximum atomic E-state index is 5.51. The van der Waals surface area contributed by atoms with Crippen molar-refractivity contribution in [1.29, 1.82) is 0 Å². The molecule has 0 rings (SSSR count). The lowest BCUT2D eigenvalue weighted by molar-refractivity contribution is -0.00000181. The Hall–Kier alpha value is 0.540. The van der Waals surface area contributed by atoms with Crippen LogP contribution in [-0.4, -0.2) is 30.4 Å². The highest BCUT2D eigenvalue weighted by atomic mass is 35.5. The van der Waals surface area contributed by atoms with Gasteiger partial charge < -0.3 is 17.3 Å². The zero-order valence-electron chi connectivity index (χ0n) is 7.03. The Balaban J connectivity index is -0.000000245. The van der Waals surface area contributed by atoms with Crippen LogP contribution in [0.5, 0.6) is 0 Å². The van der Waals surface area contributed by atoms with Crippen LogP contribution >= 0.6 is 11.6 Å². The smallest absolute Gasteiger partial charge is 1.00 e. The largest absolute Gasteiger partial charge is 1.00 e. The minimum atomic E-state index is 0. The maximum Gasteiger partial charge on any atom is 1.00 e. The standard InChI is InChI=1S/C6H14ClN.ClH/c1-3-8(4-2)6-5-7;/h3-6H2,1-2H3;1H. The summed E-state index contributed by atoms with van der Waals surface area (Å²) in [6.07, 6.45) is 0. The van der Waals surface area contributed by atoms with Gasteiger partial charge in [-0.3, -0.25) is 0 Å². The lowest BCUT2D eigenvalue weighted by Gasteiger charge is -2.14. The molecule has 9 heavy (non-hydrogen) atoms. The van der Waals surface area contributed by atoms with E-state index in [0.717, 1.165) is 25.5 Å². The number of nitrogens with zero attached hydrogens (tertiary/aromatic N) is 1. The van der Waals surface area contributed by atoms with Crippen molar-refractivity contribution >= 4 is 11.6 Å². The van der Waals surface area contributed by atoms with Crippen LogP contribution in [-0.2, 0) is 0 Å². The molecule has 0 amide bonds. The fourth-order valence-corrected chi connectivity index (χ4v) is 0.898. The van der Waals surface area contributed by atoms with Gasteiger partial charge in [-0.25, -0.2) is 0 Å². The van der Waals surface area contributed by atoms with Crippen molar-refractivity contribution in [3.63, 3.8) is 0 Å². The molecular weight excluding hydrogens is 157 g/mol. The second-order valence-corrected chi connectivity index (χ2v) is 2.09. The van der Waals surface area contributed by atoms with Crippen LogP contribution in [0, 0.1) is 0 Å². The van der Waals surface area contributed by atoms with Crippen LogP contribution in [0.15, 0.2) is 0 Å². The second kappa shape index (κ2) is 8.54. The van der Waals surface area contributed by atoms with E-state index in [1.807, 2.05) is 0 Å². The van der Waals surface area contributed by atoms with Gasteiger partial charge in [-0.05, 0) is 13.1 Å². The van der Waals surface area contributed by atoms with Crippen molar-refractivity contribution in [2.24, 2.45) is 0 Å². The molecule has 0 atom stereocenters. The first-order valence-corrected chi connectivity index (χ1v) is 3.66. The van der Waals surface area contributed by atoms with Crippen molar-refractivity contribution < 1.29 is 13.8 Å². The van der Waals surface area contributed by atoms with Crippen molar-refractivity contribution in [3.05, 3.63) is 0 Å². The summed E-state index contributed by atoms with van der Waals surface area (Å²) in [6, 6.07) is 0. The number of rotatable bonds is 4. The SMILES string of the molecule is CCN(CC)CCCl.[Cl-].[H+]. The summed E-state index contributed by atoms with van der Waals surface area (Å²) in [7, 11) is 0. The molecule has 0 aliphatic heterocycles. The number of hydrogen-bond acceptors (Lipinski definition) is 1. The summed E-state index contributed by atoms with van der Waals surface area (Å²) in [5, 5.41) is 0. The highest BCUT2D eigenvalue weighted by Crippen LogP contribution is 1.86. The topological polar surface area (TPSA) is 3.24 Å². The van der Waals surface area contributed by atoms with E-state index >= 15 is 0 Å². The first kappa shape index (κ1) is 12.2. The van der Waals surface area contributed by atoms with Gasteiger partial charge in [-0.1, -0.05) is 13.8 Å². The van der Waals surface area contributed by atoms with Crippen molar-refractivity contribution in [1.82, 2.24) is 4.90 Å². The summed E-state index contributed by atoms with van der Waals surface area (Å²) >= 11 is 5.51. The molecule has 0 heterocycles. The zero-order chi connectivity index (χ0) is 6.41. The van der Waals surface area contributed by atoms with Gasteiger partial charge in [0.05, 0.1) is 0 Å². The summed E-state index contributed by atoms with van der Waals surface area (Å²) in [5.41, 5.74) is 0. The Morgan fingerprint density at radius 3 is 1.89 bits per heavy atom. The molecule has 1 nitrogen and oxygen atoms in total. The molecule has 0 aliphatic carbocycles. The Bertz CT molecular complexity index is 51.0. The molecule has 0 aromatic carbocycles. The molecule has 0 aliphatic rings. The Labute approximate surface area is 70.3 Å². The second-order valence-electron chi connectivity index (χ2n) is 1.72.